The van der Waals surface area contributed by atoms with Crippen molar-refractivity contribution in [3.63, 3.8) is 0 Å². The molecule has 0 spiro atoms. The van der Waals surface area contributed by atoms with Gasteiger partial charge in [-0.2, -0.15) is 5.10 Å². The molecule has 0 aliphatic carbocycles. The zero-order valence-electron chi connectivity index (χ0n) is 7.37. The van der Waals surface area contributed by atoms with E-state index in [2.05, 4.69) is 10.4 Å². The first kappa shape index (κ1) is 8.77. The number of carbonyl (C=O) groups excluding carboxylic acids is 1. The molecule has 1 aromatic heterocycles. The van der Waals surface area contributed by atoms with E-state index >= 15 is 0 Å². The van der Waals surface area contributed by atoms with Crippen LogP contribution in [-0.4, -0.2) is 15.7 Å². The van der Waals surface area contributed by atoms with Gasteiger partial charge in [0, 0.05) is 33.2 Å². The molecule has 0 fully saturated rings. The van der Waals surface area contributed by atoms with E-state index in [0.717, 1.165) is 5.56 Å². The normalized spacial score (nSPS) is 9.83. The summed E-state index contributed by atoms with van der Waals surface area (Å²) in [6, 6.07) is 0. The fourth-order valence-electron chi connectivity index (χ4n) is 0.889. The number of amides is 1. The van der Waals surface area contributed by atoms with Crippen molar-refractivity contribution in [1.29, 1.82) is 0 Å². The van der Waals surface area contributed by atoms with Gasteiger partial charge in [-0.1, -0.05) is 6.92 Å². The van der Waals surface area contributed by atoms with Crippen LogP contribution in [0.2, 0.25) is 0 Å². The molecule has 0 atom stereocenters. The molecule has 0 unspecified atom stereocenters. The Morgan fingerprint density at radius 2 is 2.58 bits per heavy atom. The van der Waals surface area contributed by atoms with Crippen molar-refractivity contribution < 1.29 is 6.22 Å². The fraction of sp³-hybridized carbons (Fsp3) is 0.500. The highest BCUT2D eigenvalue weighted by Gasteiger charge is 1.98. The Hall–Kier alpha value is -1.32. The highest BCUT2D eigenvalue weighted by molar-refractivity contribution is 5.75. The van der Waals surface area contributed by atoms with Crippen LogP contribution in [-0.2, 0) is 18.4 Å². The zero-order chi connectivity index (χ0) is 8.97. The average molecular weight is 169 g/mol. The highest BCUT2D eigenvalue weighted by atomic mass is 16.1. The van der Waals surface area contributed by atoms with E-state index in [1.807, 2.05) is 20.2 Å². The van der Waals surface area contributed by atoms with E-state index in [1.54, 1.807) is 10.9 Å². The maximum absolute atomic E-state index is 10.9. The first-order valence-corrected chi connectivity index (χ1v) is 3.96. The van der Waals surface area contributed by atoms with Gasteiger partial charge in [-0.3, -0.25) is 9.48 Å². The van der Waals surface area contributed by atoms with Gasteiger partial charge in [0.05, 0.1) is 6.20 Å². The molecule has 0 saturated carbocycles. The van der Waals surface area contributed by atoms with Crippen molar-refractivity contribution in [2.45, 2.75) is 19.9 Å². The molecule has 1 N–H and O–H groups in total. The minimum absolute atomic E-state index is 0. The number of hydrogen-bond donors (Lipinski definition) is 1. The lowest BCUT2D eigenvalue weighted by Crippen LogP contribution is -2.21. The summed E-state index contributed by atoms with van der Waals surface area (Å²) in [5.74, 6) is 0.0684. The van der Waals surface area contributed by atoms with Gasteiger partial charge in [-0.25, -0.2) is 0 Å². The van der Waals surface area contributed by atoms with E-state index in [-0.39, 0.29) is 7.33 Å². The number of rotatable bonds is 3. The lowest BCUT2D eigenvalue weighted by atomic mass is 10.3. The van der Waals surface area contributed by atoms with Crippen molar-refractivity contribution >= 4 is 5.91 Å². The second-order valence-electron chi connectivity index (χ2n) is 2.65. The lowest BCUT2D eigenvalue weighted by molar-refractivity contribution is -0.120. The molecule has 4 nitrogen and oxygen atoms in total. The number of hydrogen-bond acceptors (Lipinski definition) is 2. The van der Waals surface area contributed by atoms with E-state index < -0.39 is 0 Å². The molecule has 1 rings (SSSR count). The summed E-state index contributed by atoms with van der Waals surface area (Å²) in [5, 5.41) is 6.76. The van der Waals surface area contributed by atoms with Gasteiger partial charge < -0.3 is 5.32 Å². The predicted molar refractivity (Wildman–Crippen MR) is 47.5 cm³/mol. The van der Waals surface area contributed by atoms with Gasteiger partial charge in [-0.15, -0.1) is 0 Å². The van der Waals surface area contributed by atoms with Crippen molar-refractivity contribution in [3.05, 3.63) is 18.0 Å². The summed E-state index contributed by atoms with van der Waals surface area (Å²) >= 11 is 0. The third-order valence-corrected chi connectivity index (χ3v) is 1.57. The third kappa shape index (κ3) is 2.38. The van der Waals surface area contributed by atoms with Gasteiger partial charge in [0.2, 0.25) is 5.91 Å². The summed E-state index contributed by atoms with van der Waals surface area (Å²) in [6.45, 7) is 2.40. The third-order valence-electron chi connectivity index (χ3n) is 1.57. The van der Waals surface area contributed by atoms with E-state index in [9.17, 15) is 4.79 Å². The van der Waals surface area contributed by atoms with E-state index in [0.29, 0.717) is 13.0 Å². The van der Waals surface area contributed by atoms with Gasteiger partial charge >= 0.3 is 0 Å². The second-order valence-corrected chi connectivity index (χ2v) is 2.65. The Morgan fingerprint density at radius 3 is 3.08 bits per heavy atom. The Labute approximate surface area is 73.1 Å². The highest BCUT2D eigenvalue weighted by Crippen LogP contribution is 1.94. The summed E-state index contributed by atoms with van der Waals surface area (Å²) in [7, 11) is 1.85. The summed E-state index contributed by atoms with van der Waals surface area (Å²) < 4.78 is 1.72. The molecule has 1 aromatic rings. The minimum atomic E-state index is 0. The van der Waals surface area contributed by atoms with Crippen LogP contribution in [0.25, 0.3) is 0 Å². The summed E-state index contributed by atoms with van der Waals surface area (Å²) in [5.41, 5.74) is 1.03. The summed E-state index contributed by atoms with van der Waals surface area (Å²) in [4.78, 5) is 10.9. The zero-order valence-corrected chi connectivity index (χ0v) is 7.37. The molecule has 0 aromatic carbocycles. The molecule has 0 saturated heterocycles. The van der Waals surface area contributed by atoms with Crippen LogP contribution in [0.5, 0.6) is 0 Å². The number of nitrogens with one attached hydrogen (secondary N) is 1. The summed E-state index contributed by atoms with van der Waals surface area (Å²) in [6.07, 6.45) is 4.16. The van der Waals surface area contributed by atoms with Crippen LogP contribution in [0.4, 0.5) is 0 Å². The van der Waals surface area contributed by atoms with Crippen molar-refractivity contribution in [2.75, 3.05) is 0 Å². The van der Waals surface area contributed by atoms with Crippen LogP contribution in [0.15, 0.2) is 12.4 Å². The molecule has 0 bridgehead atoms. The fourth-order valence-corrected chi connectivity index (χ4v) is 0.889. The molecule has 0 aliphatic heterocycles. The predicted octanol–water partition coefficient (Wildman–Crippen LogP) is 0.692. The van der Waals surface area contributed by atoms with Crippen molar-refractivity contribution in [2.24, 2.45) is 7.05 Å². The lowest BCUT2D eigenvalue weighted by Gasteiger charge is -1.98. The first-order valence-electron chi connectivity index (χ1n) is 3.96. The maximum Gasteiger partial charge on any atom is 0.219 e. The quantitative estimate of drug-likeness (QED) is 0.723. The Bertz CT molecular complexity index is 272. The Kier molecular flexibility index (Phi) is 2.85. The monoisotopic (exact) mass is 169 g/mol. The molecule has 1 amide bonds. The van der Waals surface area contributed by atoms with Crippen molar-refractivity contribution in [1.82, 2.24) is 15.1 Å². The number of aromatic nitrogens is 2. The molecular weight excluding hydrogens is 154 g/mol. The molecule has 0 aliphatic rings. The Morgan fingerprint density at radius 1 is 1.83 bits per heavy atom. The van der Waals surface area contributed by atoms with Gasteiger partial charge in [-0.05, 0) is 0 Å². The smallest absolute Gasteiger partial charge is 0.219 e. The molecule has 4 heteroatoms. The molecule has 1 heterocycles. The topological polar surface area (TPSA) is 46.9 Å². The van der Waals surface area contributed by atoms with Gasteiger partial charge in [0.25, 0.3) is 0 Å². The van der Waals surface area contributed by atoms with Crippen LogP contribution >= 0.6 is 0 Å². The number of nitrogens with zero attached hydrogens (tertiary/aromatic N) is 2. The average Bonchev–Trinajstić information content (AvgIpc) is 2.47. The van der Waals surface area contributed by atoms with E-state index in [1.165, 1.54) is 0 Å². The minimum Gasteiger partial charge on any atom is -0.352 e. The van der Waals surface area contributed by atoms with Crippen LogP contribution in [0.1, 0.15) is 20.3 Å². The van der Waals surface area contributed by atoms with Gasteiger partial charge in [0.15, 0.2) is 0 Å². The molecule has 12 heavy (non-hydrogen) atoms. The van der Waals surface area contributed by atoms with Crippen LogP contribution in [0, 0.1) is 0 Å². The number of carbonyl (C=O) groups is 1. The maximum atomic E-state index is 10.9. The van der Waals surface area contributed by atoms with Crippen molar-refractivity contribution in [3.8, 4) is 0 Å². The first-order chi connectivity index (χ1) is 5.72. The SMILES string of the molecule is CCC(=O)NCc1cnn(C)c1.[HH]. The van der Waals surface area contributed by atoms with Gasteiger partial charge in [0.1, 0.15) is 0 Å². The molecule has 68 valence electrons. The Balaban J connectivity index is 0.00000144. The van der Waals surface area contributed by atoms with Crippen LogP contribution in [0.3, 0.4) is 0 Å². The number of aryl methyl sites for hydroxylation is 1. The largest absolute Gasteiger partial charge is 0.352 e. The van der Waals surface area contributed by atoms with E-state index in [4.69, 9.17) is 0 Å². The van der Waals surface area contributed by atoms with Crippen LogP contribution < -0.4 is 5.32 Å². The second kappa shape index (κ2) is 3.90. The molecular formula is C8H15N3O. The molecule has 0 radical (unpaired) electrons. The standard InChI is InChI=1S/C8H13N3O.H2/c1-3-8(12)9-4-7-5-10-11(2)6-7;/h5-6H,3-4H2,1-2H3,(H,9,12);1H.